The van der Waals surface area contributed by atoms with Gasteiger partial charge in [-0.15, -0.1) is 0 Å². The van der Waals surface area contributed by atoms with Gasteiger partial charge in [0.1, 0.15) is 22.8 Å². The molecule has 1 saturated heterocycles. The van der Waals surface area contributed by atoms with Crippen molar-refractivity contribution in [3.63, 3.8) is 0 Å². The Bertz CT molecular complexity index is 559. The fourth-order valence-electron chi connectivity index (χ4n) is 2.92. The molecule has 0 radical (unpaired) electrons. The number of likely N-dealkylation sites (N-methyl/N-ethyl adjacent to an activating group) is 1. The van der Waals surface area contributed by atoms with Crippen molar-refractivity contribution in [3.8, 4) is 0 Å². The van der Waals surface area contributed by atoms with Crippen LogP contribution in [0.15, 0.2) is 0 Å². The molecule has 2 heterocycles. The maximum Gasteiger partial charge on any atom is 0.242 e. The average molecular weight is 309 g/mol. The molecule has 1 aliphatic carbocycles. The van der Waals surface area contributed by atoms with E-state index in [0.29, 0.717) is 11.1 Å². The summed E-state index contributed by atoms with van der Waals surface area (Å²) in [5, 5.41) is 3.28. The second-order valence-electron chi connectivity index (χ2n) is 5.91. The molecule has 0 spiro atoms. The fraction of sp³-hybridized carbons (Fsp3) is 0.667. The minimum Gasteiger partial charge on any atom is -0.357 e. The highest BCUT2D eigenvalue weighted by Gasteiger charge is 2.33. The quantitative estimate of drug-likeness (QED) is 0.871. The number of halogens is 1. The number of aromatic nitrogens is 2. The van der Waals surface area contributed by atoms with Crippen LogP contribution in [0.2, 0.25) is 5.15 Å². The zero-order valence-electron chi connectivity index (χ0n) is 12.5. The Morgan fingerprint density at radius 2 is 2.05 bits per heavy atom. The minimum absolute atomic E-state index is 0.0526. The van der Waals surface area contributed by atoms with Crippen molar-refractivity contribution in [1.29, 1.82) is 0 Å². The SMILES string of the molecule is CNC(=O)C1CCCCN1c1nc(C2CC2)nc(Cl)c1C. The molecule has 1 N–H and O–H groups in total. The van der Waals surface area contributed by atoms with Gasteiger partial charge in [0, 0.05) is 25.1 Å². The smallest absolute Gasteiger partial charge is 0.242 e. The average Bonchev–Trinajstić information content (AvgIpc) is 3.34. The normalized spacial score (nSPS) is 22.2. The molecule has 1 saturated carbocycles. The highest BCUT2D eigenvalue weighted by molar-refractivity contribution is 6.30. The van der Waals surface area contributed by atoms with Gasteiger partial charge >= 0.3 is 0 Å². The number of hydrogen-bond donors (Lipinski definition) is 1. The van der Waals surface area contributed by atoms with Gasteiger partial charge in [-0.25, -0.2) is 9.97 Å². The molecular weight excluding hydrogens is 288 g/mol. The summed E-state index contributed by atoms with van der Waals surface area (Å²) in [5.74, 6) is 2.17. The third-order valence-corrected chi connectivity index (χ3v) is 4.71. The summed E-state index contributed by atoms with van der Waals surface area (Å²) >= 11 is 6.29. The van der Waals surface area contributed by atoms with Crippen LogP contribution in [-0.4, -0.2) is 35.5 Å². The second kappa shape index (κ2) is 5.79. The van der Waals surface area contributed by atoms with Gasteiger partial charge in [0.05, 0.1) is 0 Å². The van der Waals surface area contributed by atoms with Crippen molar-refractivity contribution < 1.29 is 4.79 Å². The van der Waals surface area contributed by atoms with E-state index < -0.39 is 0 Å². The molecule has 0 bridgehead atoms. The van der Waals surface area contributed by atoms with E-state index >= 15 is 0 Å². The zero-order chi connectivity index (χ0) is 15.0. The number of nitrogens with one attached hydrogen (secondary N) is 1. The fourth-order valence-corrected chi connectivity index (χ4v) is 3.09. The molecule has 1 unspecified atom stereocenters. The van der Waals surface area contributed by atoms with Crippen LogP contribution >= 0.6 is 11.6 Å². The summed E-state index contributed by atoms with van der Waals surface area (Å²) in [4.78, 5) is 23.4. The standard InChI is InChI=1S/C15H21ClN4O/c1-9-12(16)18-13(10-6-7-10)19-14(9)20-8-4-3-5-11(20)15(21)17-2/h10-11H,3-8H2,1-2H3,(H,17,21). The third kappa shape index (κ3) is 2.84. The van der Waals surface area contributed by atoms with Crippen molar-refractivity contribution in [3.05, 3.63) is 16.5 Å². The van der Waals surface area contributed by atoms with Crippen LogP contribution in [0.1, 0.15) is 49.4 Å². The Morgan fingerprint density at radius 3 is 2.71 bits per heavy atom. The first-order valence-corrected chi connectivity index (χ1v) is 8.02. The predicted octanol–water partition coefficient (Wildman–Crippen LogP) is 2.42. The highest BCUT2D eigenvalue weighted by Crippen LogP contribution is 2.40. The number of piperidine rings is 1. The van der Waals surface area contributed by atoms with Crippen LogP contribution in [0.5, 0.6) is 0 Å². The highest BCUT2D eigenvalue weighted by atomic mass is 35.5. The Labute approximate surface area is 130 Å². The van der Waals surface area contributed by atoms with Crippen LogP contribution in [0, 0.1) is 6.92 Å². The maximum atomic E-state index is 12.1. The largest absolute Gasteiger partial charge is 0.357 e. The number of carbonyl (C=O) groups excluding carboxylic acids is 1. The lowest BCUT2D eigenvalue weighted by Crippen LogP contribution is -2.49. The lowest BCUT2D eigenvalue weighted by molar-refractivity contribution is -0.122. The van der Waals surface area contributed by atoms with E-state index in [4.69, 9.17) is 16.6 Å². The summed E-state index contributed by atoms with van der Waals surface area (Å²) in [6, 6.07) is -0.152. The number of nitrogens with zero attached hydrogens (tertiary/aromatic N) is 3. The van der Waals surface area contributed by atoms with Crippen LogP contribution < -0.4 is 10.2 Å². The molecule has 6 heteroatoms. The van der Waals surface area contributed by atoms with Crippen molar-refractivity contribution in [2.75, 3.05) is 18.5 Å². The second-order valence-corrected chi connectivity index (χ2v) is 6.27. The van der Waals surface area contributed by atoms with Gasteiger partial charge in [-0.1, -0.05) is 11.6 Å². The van der Waals surface area contributed by atoms with E-state index in [1.807, 2.05) is 6.92 Å². The zero-order valence-corrected chi connectivity index (χ0v) is 13.3. The summed E-state index contributed by atoms with van der Waals surface area (Å²) in [6.07, 6.45) is 5.28. The number of rotatable bonds is 3. The monoisotopic (exact) mass is 308 g/mol. The summed E-state index contributed by atoms with van der Waals surface area (Å²) in [7, 11) is 1.69. The summed E-state index contributed by atoms with van der Waals surface area (Å²) < 4.78 is 0. The molecule has 1 atom stereocenters. The van der Waals surface area contributed by atoms with Crippen molar-refractivity contribution in [2.24, 2.45) is 0 Å². The van der Waals surface area contributed by atoms with E-state index in [9.17, 15) is 4.79 Å². The van der Waals surface area contributed by atoms with Gasteiger partial charge in [0.25, 0.3) is 0 Å². The molecule has 0 aromatic carbocycles. The molecule has 5 nitrogen and oxygen atoms in total. The van der Waals surface area contributed by atoms with Crippen molar-refractivity contribution in [2.45, 2.75) is 51.0 Å². The molecule has 2 aliphatic rings. The summed E-state index contributed by atoms with van der Waals surface area (Å²) in [6.45, 7) is 2.78. The lowest BCUT2D eigenvalue weighted by Gasteiger charge is -2.36. The Hall–Kier alpha value is -1.36. The van der Waals surface area contributed by atoms with E-state index in [1.165, 1.54) is 0 Å². The molecule has 1 amide bonds. The first kappa shape index (κ1) is 14.6. The first-order valence-electron chi connectivity index (χ1n) is 7.64. The van der Waals surface area contributed by atoms with Crippen LogP contribution in [0.4, 0.5) is 5.82 Å². The topological polar surface area (TPSA) is 58.1 Å². The molecule has 1 aliphatic heterocycles. The van der Waals surface area contributed by atoms with Crippen LogP contribution in [-0.2, 0) is 4.79 Å². The molecular formula is C15H21ClN4O. The molecule has 3 rings (SSSR count). The molecule has 1 aromatic rings. The van der Waals surface area contributed by atoms with E-state index in [1.54, 1.807) is 7.05 Å². The molecule has 1 aromatic heterocycles. The molecule has 21 heavy (non-hydrogen) atoms. The van der Waals surface area contributed by atoms with E-state index in [2.05, 4.69) is 15.2 Å². The lowest BCUT2D eigenvalue weighted by atomic mass is 10.0. The van der Waals surface area contributed by atoms with Crippen molar-refractivity contribution >= 4 is 23.3 Å². The number of amides is 1. The van der Waals surface area contributed by atoms with Gasteiger partial charge in [0.2, 0.25) is 5.91 Å². The number of hydrogen-bond acceptors (Lipinski definition) is 4. The van der Waals surface area contributed by atoms with Gasteiger partial charge in [0.15, 0.2) is 0 Å². The van der Waals surface area contributed by atoms with E-state index in [0.717, 1.165) is 55.9 Å². The summed E-state index contributed by atoms with van der Waals surface area (Å²) in [5.41, 5.74) is 0.872. The minimum atomic E-state index is -0.152. The van der Waals surface area contributed by atoms with Gasteiger partial charge in [-0.05, 0) is 39.0 Å². The van der Waals surface area contributed by atoms with E-state index in [-0.39, 0.29) is 11.9 Å². The van der Waals surface area contributed by atoms with Gasteiger partial charge in [-0.2, -0.15) is 0 Å². The first-order chi connectivity index (χ1) is 10.1. The third-order valence-electron chi connectivity index (χ3n) is 4.34. The van der Waals surface area contributed by atoms with Crippen LogP contribution in [0.3, 0.4) is 0 Å². The number of anilines is 1. The van der Waals surface area contributed by atoms with Crippen molar-refractivity contribution in [1.82, 2.24) is 15.3 Å². The maximum absolute atomic E-state index is 12.1. The Kier molecular flexibility index (Phi) is 4.02. The van der Waals surface area contributed by atoms with Crippen LogP contribution in [0.25, 0.3) is 0 Å². The Morgan fingerprint density at radius 1 is 1.29 bits per heavy atom. The molecule has 114 valence electrons. The van der Waals surface area contributed by atoms with Gasteiger partial charge < -0.3 is 10.2 Å². The number of carbonyl (C=O) groups is 1. The van der Waals surface area contributed by atoms with Gasteiger partial charge in [-0.3, -0.25) is 4.79 Å². The predicted molar refractivity (Wildman–Crippen MR) is 82.8 cm³/mol. The molecule has 2 fully saturated rings. The Balaban J connectivity index is 1.98.